The van der Waals surface area contributed by atoms with Gasteiger partial charge in [0.2, 0.25) is 21.8 Å². The van der Waals surface area contributed by atoms with E-state index in [4.69, 9.17) is 11.6 Å². The Morgan fingerprint density at radius 2 is 1.59 bits per heavy atom. The molecule has 0 bridgehead atoms. The minimum absolute atomic E-state index is 0.0701. The van der Waals surface area contributed by atoms with Gasteiger partial charge in [0, 0.05) is 37.2 Å². The van der Waals surface area contributed by atoms with Crippen molar-refractivity contribution in [3.05, 3.63) is 101 Å². The molecule has 2 amide bonds. The lowest BCUT2D eigenvalue weighted by atomic mass is 10.0. The predicted octanol–water partition coefficient (Wildman–Crippen LogP) is 5.31. The van der Waals surface area contributed by atoms with Crippen LogP contribution in [0.5, 0.6) is 0 Å². The Bertz CT molecular complexity index is 1420. The third-order valence-corrected chi connectivity index (χ3v) is 9.56. The maximum Gasteiger partial charge on any atom is 0.243 e. The Balaban J connectivity index is 1.51. The summed E-state index contributed by atoms with van der Waals surface area (Å²) < 4.78 is 28.3. The lowest BCUT2D eigenvalue weighted by Crippen LogP contribution is -2.51. The van der Waals surface area contributed by atoms with Crippen LogP contribution in [0.4, 0.5) is 0 Å². The number of piperidine rings is 1. The second-order valence-corrected chi connectivity index (χ2v) is 13.0. The lowest BCUT2D eigenvalue weighted by Gasteiger charge is -2.39. The molecule has 0 saturated carbocycles. The van der Waals surface area contributed by atoms with Gasteiger partial charge in [-0.2, -0.15) is 4.31 Å². The lowest BCUT2D eigenvalue weighted by molar-refractivity contribution is -0.137. The monoisotopic (exact) mass is 595 g/mol. The van der Waals surface area contributed by atoms with Crippen molar-refractivity contribution >= 4 is 33.4 Å². The Morgan fingerprint density at radius 3 is 2.22 bits per heavy atom. The minimum atomic E-state index is -3.86. The van der Waals surface area contributed by atoms with Crippen LogP contribution in [0.1, 0.15) is 42.9 Å². The van der Waals surface area contributed by atoms with E-state index in [1.165, 1.54) is 4.31 Å². The number of amides is 2. The van der Waals surface area contributed by atoms with E-state index in [-0.39, 0.29) is 35.8 Å². The van der Waals surface area contributed by atoms with E-state index in [0.717, 1.165) is 16.7 Å². The van der Waals surface area contributed by atoms with Crippen LogP contribution in [0.25, 0.3) is 0 Å². The quantitative estimate of drug-likeness (QED) is 0.301. The van der Waals surface area contributed by atoms with E-state index in [0.29, 0.717) is 50.3 Å². The molecule has 1 aliphatic rings. The van der Waals surface area contributed by atoms with Gasteiger partial charge in [-0.05, 0) is 61.6 Å². The van der Waals surface area contributed by atoms with Crippen molar-refractivity contribution in [3.63, 3.8) is 0 Å². The van der Waals surface area contributed by atoms with Crippen molar-refractivity contribution in [1.29, 1.82) is 0 Å². The Hall–Kier alpha value is -3.20. The number of hydrogen-bond acceptors (Lipinski definition) is 4. The summed E-state index contributed by atoms with van der Waals surface area (Å²) in [6.07, 6.45) is 2.16. The minimum Gasteiger partial charge on any atom is -0.342 e. The van der Waals surface area contributed by atoms with Gasteiger partial charge in [0.25, 0.3) is 0 Å². The molecule has 0 N–H and O–H groups in total. The molecule has 0 spiro atoms. The highest BCUT2D eigenvalue weighted by molar-refractivity contribution is 7.89. The highest BCUT2D eigenvalue weighted by Gasteiger charge is 2.33. The summed E-state index contributed by atoms with van der Waals surface area (Å²) in [5, 5.41) is 0.575. The van der Waals surface area contributed by atoms with Gasteiger partial charge in [0.05, 0.1) is 17.9 Å². The third kappa shape index (κ3) is 8.18. The summed E-state index contributed by atoms with van der Waals surface area (Å²) in [5.41, 5.74) is 2.81. The Labute approximate surface area is 248 Å². The van der Waals surface area contributed by atoms with Crippen molar-refractivity contribution in [2.75, 3.05) is 26.2 Å². The summed E-state index contributed by atoms with van der Waals surface area (Å²) in [5.74, 6) is -0.191. The molecule has 0 aliphatic carbocycles. The summed E-state index contributed by atoms with van der Waals surface area (Å²) in [7, 11) is -3.86. The maximum absolute atomic E-state index is 13.9. The first kappa shape index (κ1) is 30.8. The summed E-state index contributed by atoms with van der Waals surface area (Å²) in [6.45, 7) is 5.17. The predicted molar refractivity (Wildman–Crippen MR) is 162 cm³/mol. The van der Waals surface area contributed by atoms with Crippen LogP contribution in [0.2, 0.25) is 5.02 Å². The molecule has 0 aromatic heterocycles. The highest BCUT2D eigenvalue weighted by atomic mass is 35.5. The second kappa shape index (κ2) is 14.1. The van der Waals surface area contributed by atoms with E-state index in [2.05, 4.69) is 0 Å². The molecule has 1 saturated heterocycles. The number of benzene rings is 3. The van der Waals surface area contributed by atoms with Crippen LogP contribution < -0.4 is 0 Å². The topological polar surface area (TPSA) is 78.0 Å². The van der Waals surface area contributed by atoms with Crippen LogP contribution >= 0.6 is 11.6 Å². The number of halogens is 1. The fraction of sp³-hybridized carbons (Fsp3) is 0.375. The number of nitrogens with zero attached hydrogens (tertiary/aromatic N) is 3. The maximum atomic E-state index is 13.9. The number of carbonyl (C=O) groups is 2. The molecule has 218 valence electrons. The number of hydrogen-bond donors (Lipinski definition) is 0. The molecule has 41 heavy (non-hydrogen) atoms. The van der Waals surface area contributed by atoms with Gasteiger partial charge in [0.1, 0.15) is 0 Å². The first-order chi connectivity index (χ1) is 19.7. The van der Waals surface area contributed by atoms with Gasteiger partial charge in [-0.15, -0.1) is 0 Å². The average Bonchev–Trinajstić information content (AvgIpc) is 2.96. The van der Waals surface area contributed by atoms with Crippen LogP contribution in [0.15, 0.2) is 83.8 Å². The molecule has 7 nitrogen and oxygen atoms in total. The van der Waals surface area contributed by atoms with E-state index < -0.39 is 10.0 Å². The summed E-state index contributed by atoms with van der Waals surface area (Å²) in [4.78, 5) is 30.7. The number of sulfonamides is 1. The molecule has 0 radical (unpaired) electrons. The van der Waals surface area contributed by atoms with E-state index in [1.807, 2.05) is 67.3 Å². The molecule has 0 unspecified atom stereocenters. The van der Waals surface area contributed by atoms with Crippen LogP contribution in [0, 0.1) is 6.92 Å². The number of likely N-dealkylation sites (tertiary alicyclic amines) is 1. The fourth-order valence-electron chi connectivity index (χ4n) is 5.20. The normalized spacial score (nSPS) is 14.3. The van der Waals surface area contributed by atoms with Crippen molar-refractivity contribution in [2.24, 2.45) is 0 Å². The number of aryl methyl sites for hydroxylation is 1. The molecule has 3 aromatic rings. The van der Waals surface area contributed by atoms with Gasteiger partial charge in [-0.3, -0.25) is 9.59 Å². The molecule has 3 aromatic carbocycles. The van der Waals surface area contributed by atoms with E-state index in [9.17, 15) is 18.0 Å². The highest BCUT2D eigenvalue weighted by Crippen LogP contribution is 2.23. The largest absolute Gasteiger partial charge is 0.342 e. The van der Waals surface area contributed by atoms with E-state index in [1.54, 1.807) is 35.2 Å². The molecule has 1 heterocycles. The summed E-state index contributed by atoms with van der Waals surface area (Å²) >= 11 is 6.24. The molecule has 4 rings (SSSR count). The molecule has 1 aliphatic heterocycles. The molecular weight excluding hydrogens is 558 g/mol. The summed E-state index contributed by atoms with van der Waals surface area (Å²) in [6, 6.07) is 23.6. The van der Waals surface area contributed by atoms with Crippen LogP contribution in [-0.2, 0) is 32.6 Å². The fourth-order valence-corrected chi connectivity index (χ4v) is 6.89. The third-order valence-electron chi connectivity index (χ3n) is 7.46. The van der Waals surface area contributed by atoms with Gasteiger partial charge in [-0.1, -0.05) is 78.7 Å². The zero-order valence-corrected chi connectivity index (χ0v) is 25.3. The van der Waals surface area contributed by atoms with Crippen molar-refractivity contribution in [3.8, 4) is 0 Å². The second-order valence-electron chi connectivity index (χ2n) is 10.6. The van der Waals surface area contributed by atoms with Crippen molar-refractivity contribution in [2.45, 2.75) is 57.0 Å². The van der Waals surface area contributed by atoms with Crippen LogP contribution in [-0.4, -0.2) is 66.6 Å². The van der Waals surface area contributed by atoms with E-state index >= 15 is 0 Å². The first-order valence-corrected chi connectivity index (χ1v) is 15.9. The molecular formula is C32H38ClN3O4S. The van der Waals surface area contributed by atoms with Gasteiger partial charge in [-0.25, -0.2) is 8.42 Å². The van der Waals surface area contributed by atoms with Crippen LogP contribution in [0.3, 0.4) is 0 Å². The van der Waals surface area contributed by atoms with Gasteiger partial charge < -0.3 is 9.80 Å². The van der Waals surface area contributed by atoms with Gasteiger partial charge in [0.15, 0.2) is 0 Å². The zero-order chi connectivity index (χ0) is 29.4. The molecule has 0 atom stereocenters. The van der Waals surface area contributed by atoms with Crippen molar-refractivity contribution in [1.82, 2.24) is 14.1 Å². The Kier molecular flexibility index (Phi) is 10.6. The standard InChI is InChI=1S/C32H38ClN3O4S/c1-3-18-35(41(39,40)30-14-12-25(2)13-15-30)24-32(38)36(23-27-10-7-11-28(33)21-27)29-16-19-34(20-17-29)31(37)22-26-8-5-4-6-9-26/h4-15,21,29H,3,16-20,22-24H2,1-2H3. The Morgan fingerprint density at radius 1 is 0.927 bits per heavy atom. The first-order valence-electron chi connectivity index (χ1n) is 14.1. The van der Waals surface area contributed by atoms with Crippen molar-refractivity contribution < 1.29 is 18.0 Å². The smallest absolute Gasteiger partial charge is 0.243 e. The zero-order valence-electron chi connectivity index (χ0n) is 23.7. The average molecular weight is 596 g/mol. The molecule has 9 heteroatoms. The molecule has 1 fully saturated rings. The SMILES string of the molecule is CCCN(CC(=O)N(Cc1cccc(Cl)c1)C1CCN(C(=O)Cc2ccccc2)CC1)S(=O)(=O)c1ccc(C)cc1. The van der Waals surface area contributed by atoms with Gasteiger partial charge >= 0.3 is 0 Å². The number of carbonyl (C=O) groups excluding carboxylic acids is 2. The number of rotatable bonds is 11.